The van der Waals surface area contributed by atoms with Gasteiger partial charge in [0.05, 0.1) is 33.1 Å². The van der Waals surface area contributed by atoms with Crippen LogP contribution < -0.4 is 0 Å². The Morgan fingerprint density at radius 2 is 1.79 bits per heavy atom. The van der Waals surface area contributed by atoms with Crippen LogP contribution in [0.5, 0.6) is 0 Å². The van der Waals surface area contributed by atoms with Gasteiger partial charge in [-0.3, -0.25) is 9.00 Å². The third-order valence-corrected chi connectivity index (χ3v) is 6.16. The zero-order valence-corrected chi connectivity index (χ0v) is 17.0. The van der Waals surface area contributed by atoms with Crippen molar-refractivity contribution >= 4 is 34.4 Å². The molecular formula is C19H21ClN2O5S. The Morgan fingerprint density at radius 1 is 1.11 bits per heavy atom. The van der Waals surface area contributed by atoms with E-state index in [4.69, 9.17) is 20.8 Å². The molecule has 1 fully saturated rings. The summed E-state index contributed by atoms with van der Waals surface area (Å²) in [4.78, 5) is 28.1. The molecule has 0 N–H and O–H groups in total. The number of amides is 2. The zero-order valence-electron chi connectivity index (χ0n) is 15.4. The summed E-state index contributed by atoms with van der Waals surface area (Å²) in [6, 6.07) is 10.2. The van der Waals surface area contributed by atoms with Gasteiger partial charge in [-0.1, -0.05) is 23.7 Å². The lowest BCUT2D eigenvalue weighted by molar-refractivity contribution is 0.0545. The molecule has 1 saturated heterocycles. The number of carbonyl (C=O) groups excluding carboxylic acids is 2. The van der Waals surface area contributed by atoms with E-state index in [0.717, 1.165) is 0 Å². The van der Waals surface area contributed by atoms with Crippen LogP contribution in [0.1, 0.15) is 23.2 Å². The SMILES string of the molecule is CCOC(=O)N1CCN(C(=O)c2ccc(CS(=O)c3ccccc3Cl)o2)CC1. The number of hydrogen-bond donors (Lipinski definition) is 0. The molecule has 0 bridgehead atoms. The lowest BCUT2D eigenvalue weighted by Gasteiger charge is -2.33. The van der Waals surface area contributed by atoms with Crippen molar-refractivity contribution < 1.29 is 23.0 Å². The first kappa shape index (κ1) is 20.4. The van der Waals surface area contributed by atoms with E-state index in [1.165, 1.54) is 0 Å². The van der Waals surface area contributed by atoms with E-state index >= 15 is 0 Å². The van der Waals surface area contributed by atoms with E-state index in [0.29, 0.717) is 48.5 Å². The van der Waals surface area contributed by atoms with E-state index < -0.39 is 10.8 Å². The third kappa shape index (κ3) is 4.74. The van der Waals surface area contributed by atoms with Crippen LogP contribution in [0.25, 0.3) is 0 Å². The number of hydrogen-bond acceptors (Lipinski definition) is 5. The van der Waals surface area contributed by atoms with Crippen LogP contribution in [0.2, 0.25) is 5.02 Å². The molecule has 150 valence electrons. The lowest BCUT2D eigenvalue weighted by Crippen LogP contribution is -2.50. The largest absolute Gasteiger partial charge is 0.455 e. The normalized spacial score (nSPS) is 15.4. The Labute approximate surface area is 170 Å². The van der Waals surface area contributed by atoms with Gasteiger partial charge in [0.15, 0.2) is 5.76 Å². The lowest BCUT2D eigenvalue weighted by atomic mass is 10.3. The van der Waals surface area contributed by atoms with Gasteiger partial charge in [-0.2, -0.15) is 0 Å². The maximum atomic E-state index is 12.6. The van der Waals surface area contributed by atoms with E-state index in [-0.39, 0.29) is 23.5 Å². The summed E-state index contributed by atoms with van der Waals surface area (Å²) in [7, 11) is -1.37. The number of furan rings is 1. The molecule has 0 aliphatic carbocycles. The van der Waals surface area contributed by atoms with Crippen molar-refractivity contribution in [2.24, 2.45) is 0 Å². The number of halogens is 1. The van der Waals surface area contributed by atoms with E-state index in [9.17, 15) is 13.8 Å². The molecule has 2 amide bonds. The van der Waals surface area contributed by atoms with Gasteiger partial charge in [-0.25, -0.2) is 4.79 Å². The second-order valence-corrected chi connectivity index (χ2v) is 7.99. The van der Waals surface area contributed by atoms with Crippen LogP contribution in [0.3, 0.4) is 0 Å². The maximum absolute atomic E-state index is 12.6. The molecular weight excluding hydrogens is 404 g/mol. The zero-order chi connectivity index (χ0) is 20.1. The smallest absolute Gasteiger partial charge is 0.409 e. The molecule has 2 aromatic rings. The molecule has 1 atom stereocenters. The molecule has 1 aliphatic heterocycles. The molecule has 0 spiro atoms. The van der Waals surface area contributed by atoms with Gasteiger partial charge in [0.1, 0.15) is 5.76 Å². The highest BCUT2D eigenvalue weighted by molar-refractivity contribution is 7.84. The molecule has 2 heterocycles. The molecule has 1 aromatic heterocycles. The molecule has 1 aromatic carbocycles. The van der Waals surface area contributed by atoms with Crippen molar-refractivity contribution in [1.29, 1.82) is 0 Å². The molecule has 0 radical (unpaired) electrons. The second kappa shape index (κ2) is 9.25. The number of carbonyl (C=O) groups is 2. The molecule has 1 unspecified atom stereocenters. The molecule has 3 rings (SSSR count). The highest BCUT2D eigenvalue weighted by Gasteiger charge is 2.27. The Bertz CT molecular complexity index is 877. The van der Waals surface area contributed by atoms with Crippen molar-refractivity contribution in [3.05, 3.63) is 52.9 Å². The summed E-state index contributed by atoms with van der Waals surface area (Å²) in [5, 5.41) is 0.433. The quantitative estimate of drug-likeness (QED) is 0.736. The summed E-state index contributed by atoms with van der Waals surface area (Å²) >= 11 is 6.07. The van der Waals surface area contributed by atoms with Crippen molar-refractivity contribution in [2.75, 3.05) is 32.8 Å². The second-order valence-electron chi connectivity index (χ2n) is 6.16. The molecule has 28 heavy (non-hydrogen) atoms. The highest BCUT2D eigenvalue weighted by atomic mass is 35.5. The fraction of sp³-hybridized carbons (Fsp3) is 0.368. The summed E-state index contributed by atoms with van der Waals surface area (Å²) < 4.78 is 23.1. The van der Waals surface area contributed by atoms with E-state index in [2.05, 4.69) is 0 Å². The highest BCUT2D eigenvalue weighted by Crippen LogP contribution is 2.22. The number of piperazine rings is 1. The van der Waals surface area contributed by atoms with Crippen molar-refractivity contribution in [2.45, 2.75) is 17.6 Å². The summed E-state index contributed by atoms with van der Waals surface area (Å²) in [6.07, 6.45) is -0.364. The first-order valence-corrected chi connectivity index (χ1v) is 10.6. The Morgan fingerprint density at radius 3 is 2.46 bits per heavy atom. The van der Waals surface area contributed by atoms with Crippen LogP contribution in [0.15, 0.2) is 45.7 Å². The van der Waals surface area contributed by atoms with E-state index in [1.807, 2.05) is 0 Å². The predicted octanol–water partition coefficient (Wildman–Crippen LogP) is 3.16. The van der Waals surface area contributed by atoms with Gasteiger partial charge >= 0.3 is 6.09 Å². The van der Waals surface area contributed by atoms with Gasteiger partial charge in [-0.15, -0.1) is 0 Å². The van der Waals surface area contributed by atoms with Crippen LogP contribution in [-0.2, 0) is 21.3 Å². The van der Waals surface area contributed by atoms with Gasteiger partial charge in [0.25, 0.3) is 5.91 Å². The Balaban J connectivity index is 1.58. The number of nitrogens with zero attached hydrogens (tertiary/aromatic N) is 2. The molecule has 1 aliphatic rings. The third-order valence-electron chi connectivity index (χ3n) is 4.32. The van der Waals surface area contributed by atoms with Gasteiger partial charge in [0, 0.05) is 26.2 Å². The average molecular weight is 425 g/mol. The average Bonchev–Trinajstić information content (AvgIpc) is 3.16. The van der Waals surface area contributed by atoms with Crippen LogP contribution in [0, 0.1) is 0 Å². The minimum atomic E-state index is -1.37. The molecule has 9 heteroatoms. The van der Waals surface area contributed by atoms with Crippen molar-refractivity contribution in [1.82, 2.24) is 9.80 Å². The van der Waals surface area contributed by atoms with Gasteiger partial charge in [0.2, 0.25) is 0 Å². The van der Waals surface area contributed by atoms with Crippen LogP contribution in [0.4, 0.5) is 4.79 Å². The maximum Gasteiger partial charge on any atom is 0.409 e. The first-order chi connectivity index (χ1) is 13.5. The summed E-state index contributed by atoms with van der Waals surface area (Å²) in [6.45, 7) is 3.70. The van der Waals surface area contributed by atoms with Crippen molar-refractivity contribution in [3.63, 3.8) is 0 Å². The van der Waals surface area contributed by atoms with E-state index in [1.54, 1.807) is 53.1 Å². The van der Waals surface area contributed by atoms with Gasteiger partial charge < -0.3 is 19.0 Å². The fourth-order valence-corrected chi connectivity index (χ4v) is 4.35. The molecule has 7 nitrogen and oxygen atoms in total. The summed E-state index contributed by atoms with van der Waals surface area (Å²) in [5.74, 6) is 0.522. The Kier molecular flexibility index (Phi) is 6.74. The number of ether oxygens (including phenoxy) is 1. The topological polar surface area (TPSA) is 80.1 Å². The summed E-state index contributed by atoms with van der Waals surface area (Å²) in [5.41, 5.74) is 0. The predicted molar refractivity (Wildman–Crippen MR) is 105 cm³/mol. The van der Waals surface area contributed by atoms with Crippen LogP contribution >= 0.6 is 11.6 Å². The number of benzene rings is 1. The van der Waals surface area contributed by atoms with Crippen molar-refractivity contribution in [3.8, 4) is 0 Å². The standard InChI is InChI=1S/C19H21ClN2O5S/c1-2-26-19(24)22-11-9-21(10-12-22)18(23)16-8-7-14(27-16)13-28(25)17-6-4-3-5-15(17)20/h3-8H,2,9-13H2,1H3. The van der Waals surface area contributed by atoms with Crippen LogP contribution in [-0.4, -0.2) is 58.8 Å². The van der Waals surface area contributed by atoms with Gasteiger partial charge in [-0.05, 0) is 31.2 Å². The Hall–Kier alpha value is -2.32. The fourth-order valence-electron chi connectivity index (χ4n) is 2.87. The number of rotatable bonds is 5. The first-order valence-electron chi connectivity index (χ1n) is 8.92. The minimum Gasteiger partial charge on any atom is -0.455 e. The monoisotopic (exact) mass is 424 g/mol. The minimum absolute atomic E-state index is 0.133. The molecule has 0 saturated carbocycles.